The lowest BCUT2D eigenvalue weighted by Crippen LogP contribution is -2.17. The van der Waals surface area contributed by atoms with Crippen molar-refractivity contribution < 1.29 is 33.3 Å². The van der Waals surface area contributed by atoms with E-state index in [2.05, 4.69) is 5.32 Å². The van der Waals surface area contributed by atoms with Crippen LogP contribution in [0.1, 0.15) is 20.7 Å². The summed E-state index contributed by atoms with van der Waals surface area (Å²) in [5.74, 6) is 0.340. The number of hydrogen-bond acceptors (Lipinski definition) is 7. The molecule has 0 heterocycles. The molecular formula is C19H21NO7. The molecule has 2 rings (SSSR count). The van der Waals surface area contributed by atoms with Crippen molar-refractivity contribution in [2.75, 3.05) is 40.9 Å². The maximum absolute atomic E-state index is 12.8. The highest BCUT2D eigenvalue weighted by molar-refractivity contribution is 6.10. The molecule has 0 saturated heterocycles. The van der Waals surface area contributed by atoms with Gasteiger partial charge in [0.05, 0.1) is 41.1 Å². The van der Waals surface area contributed by atoms with Crippen LogP contribution in [0.2, 0.25) is 0 Å². The number of esters is 1. The van der Waals surface area contributed by atoms with Crippen LogP contribution in [0.5, 0.6) is 23.0 Å². The van der Waals surface area contributed by atoms with E-state index in [-0.39, 0.29) is 17.0 Å². The molecule has 2 aromatic rings. The van der Waals surface area contributed by atoms with Crippen molar-refractivity contribution in [1.82, 2.24) is 0 Å². The first-order valence-corrected chi connectivity index (χ1v) is 7.87. The average molecular weight is 375 g/mol. The second-order valence-corrected chi connectivity index (χ2v) is 5.24. The number of benzene rings is 2. The number of carbonyl (C=O) groups is 2. The molecule has 0 aliphatic heterocycles. The molecule has 1 amide bonds. The minimum atomic E-state index is -0.626. The lowest BCUT2D eigenvalue weighted by molar-refractivity contribution is 0.0601. The smallest absolute Gasteiger partial charge is 0.340 e. The van der Waals surface area contributed by atoms with E-state index in [0.717, 1.165) is 0 Å². The van der Waals surface area contributed by atoms with Gasteiger partial charge < -0.3 is 29.0 Å². The summed E-state index contributed by atoms with van der Waals surface area (Å²) in [6, 6.07) is 7.74. The number of anilines is 1. The first-order valence-electron chi connectivity index (χ1n) is 7.87. The minimum absolute atomic E-state index is 0.129. The Morgan fingerprint density at radius 1 is 0.778 bits per heavy atom. The lowest BCUT2D eigenvalue weighted by atomic mass is 10.1. The van der Waals surface area contributed by atoms with Crippen LogP contribution in [0, 0.1) is 0 Å². The Hall–Kier alpha value is -3.42. The Morgan fingerprint density at radius 2 is 1.41 bits per heavy atom. The van der Waals surface area contributed by atoms with Crippen LogP contribution in [0.3, 0.4) is 0 Å². The van der Waals surface area contributed by atoms with Crippen LogP contribution < -0.4 is 24.3 Å². The predicted octanol–water partition coefficient (Wildman–Crippen LogP) is 2.76. The SMILES string of the molecule is COC(=O)c1ccc(OC)c(OC)c1NC(=O)c1ccc(OC)c(OC)c1. The molecule has 0 aliphatic carbocycles. The zero-order valence-corrected chi connectivity index (χ0v) is 15.7. The first kappa shape index (κ1) is 19.9. The van der Waals surface area contributed by atoms with E-state index in [1.165, 1.54) is 47.7 Å². The van der Waals surface area contributed by atoms with Crippen molar-refractivity contribution >= 4 is 17.6 Å². The average Bonchev–Trinajstić information content (AvgIpc) is 2.71. The van der Waals surface area contributed by atoms with Crippen molar-refractivity contribution in [3.05, 3.63) is 41.5 Å². The highest BCUT2D eigenvalue weighted by Gasteiger charge is 2.23. The van der Waals surface area contributed by atoms with E-state index >= 15 is 0 Å². The fraction of sp³-hybridized carbons (Fsp3) is 0.263. The highest BCUT2D eigenvalue weighted by Crippen LogP contribution is 2.38. The minimum Gasteiger partial charge on any atom is -0.493 e. The van der Waals surface area contributed by atoms with E-state index in [1.54, 1.807) is 18.2 Å². The van der Waals surface area contributed by atoms with Gasteiger partial charge in [-0.3, -0.25) is 4.79 Å². The molecule has 2 aromatic carbocycles. The Labute approximate surface area is 156 Å². The molecule has 0 saturated carbocycles. The standard InChI is InChI=1S/C19H21NO7/c1-23-13-8-6-11(10-15(13)25-3)18(21)20-16-12(19(22)27-5)7-9-14(24-2)17(16)26-4/h6-10H,1-5H3,(H,20,21). The Bertz CT molecular complexity index is 848. The Morgan fingerprint density at radius 3 is 1.96 bits per heavy atom. The zero-order chi connectivity index (χ0) is 20.0. The first-order chi connectivity index (χ1) is 13.0. The summed E-state index contributed by atoms with van der Waals surface area (Å²) in [7, 11) is 7.08. The molecule has 144 valence electrons. The summed E-state index contributed by atoms with van der Waals surface area (Å²) < 4.78 is 25.7. The molecule has 0 unspecified atom stereocenters. The van der Waals surface area contributed by atoms with Gasteiger partial charge in [0.25, 0.3) is 5.91 Å². The highest BCUT2D eigenvalue weighted by atomic mass is 16.5. The molecule has 1 N–H and O–H groups in total. The maximum atomic E-state index is 12.8. The number of nitrogens with one attached hydrogen (secondary N) is 1. The molecule has 8 heteroatoms. The summed E-state index contributed by atoms with van der Waals surface area (Å²) in [6.07, 6.45) is 0. The quantitative estimate of drug-likeness (QED) is 0.744. The van der Waals surface area contributed by atoms with Gasteiger partial charge in [0, 0.05) is 5.56 Å². The van der Waals surface area contributed by atoms with Gasteiger partial charge in [-0.1, -0.05) is 0 Å². The zero-order valence-electron chi connectivity index (χ0n) is 15.7. The van der Waals surface area contributed by atoms with Gasteiger partial charge in [-0.05, 0) is 30.3 Å². The number of methoxy groups -OCH3 is 5. The van der Waals surface area contributed by atoms with Gasteiger partial charge in [0.15, 0.2) is 23.0 Å². The van der Waals surface area contributed by atoms with E-state index in [9.17, 15) is 9.59 Å². The molecule has 0 bridgehead atoms. The summed E-state index contributed by atoms with van der Waals surface area (Å²) in [4.78, 5) is 24.9. The third-order valence-electron chi connectivity index (χ3n) is 3.84. The molecule has 0 atom stereocenters. The van der Waals surface area contributed by atoms with Crippen molar-refractivity contribution in [3.8, 4) is 23.0 Å². The normalized spacial score (nSPS) is 9.96. The van der Waals surface area contributed by atoms with Gasteiger partial charge in [0.1, 0.15) is 5.69 Å². The number of ether oxygens (including phenoxy) is 5. The van der Waals surface area contributed by atoms with Crippen LogP contribution in [-0.4, -0.2) is 47.4 Å². The van der Waals surface area contributed by atoms with Crippen molar-refractivity contribution in [2.24, 2.45) is 0 Å². The molecule has 27 heavy (non-hydrogen) atoms. The summed E-state index contributed by atoms with van der Waals surface area (Å²) in [6.45, 7) is 0. The molecule has 0 spiro atoms. The molecular weight excluding hydrogens is 354 g/mol. The molecule has 8 nitrogen and oxygen atoms in total. The number of hydrogen-bond donors (Lipinski definition) is 1. The number of rotatable bonds is 7. The van der Waals surface area contributed by atoms with Crippen molar-refractivity contribution in [2.45, 2.75) is 0 Å². The van der Waals surface area contributed by atoms with Gasteiger partial charge in [-0.25, -0.2) is 4.79 Å². The third-order valence-corrected chi connectivity index (χ3v) is 3.84. The van der Waals surface area contributed by atoms with Crippen LogP contribution in [0.15, 0.2) is 30.3 Å². The summed E-state index contributed by atoms with van der Waals surface area (Å²) >= 11 is 0. The summed E-state index contributed by atoms with van der Waals surface area (Å²) in [5, 5.41) is 2.68. The number of carbonyl (C=O) groups excluding carboxylic acids is 2. The van der Waals surface area contributed by atoms with Gasteiger partial charge in [-0.15, -0.1) is 0 Å². The van der Waals surface area contributed by atoms with Crippen LogP contribution in [-0.2, 0) is 4.74 Å². The fourth-order valence-corrected chi connectivity index (χ4v) is 2.49. The maximum Gasteiger partial charge on any atom is 0.340 e. The Balaban J connectivity index is 2.48. The van der Waals surface area contributed by atoms with E-state index in [0.29, 0.717) is 22.8 Å². The van der Waals surface area contributed by atoms with E-state index in [1.807, 2.05) is 0 Å². The summed E-state index contributed by atoms with van der Waals surface area (Å²) in [5.41, 5.74) is 0.570. The monoisotopic (exact) mass is 375 g/mol. The second-order valence-electron chi connectivity index (χ2n) is 5.24. The van der Waals surface area contributed by atoms with Gasteiger partial charge in [-0.2, -0.15) is 0 Å². The van der Waals surface area contributed by atoms with Crippen molar-refractivity contribution in [3.63, 3.8) is 0 Å². The molecule has 0 aliphatic rings. The lowest BCUT2D eigenvalue weighted by Gasteiger charge is -2.17. The van der Waals surface area contributed by atoms with E-state index < -0.39 is 11.9 Å². The number of amides is 1. The van der Waals surface area contributed by atoms with Gasteiger partial charge >= 0.3 is 5.97 Å². The third kappa shape index (κ3) is 4.05. The van der Waals surface area contributed by atoms with Crippen LogP contribution in [0.25, 0.3) is 0 Å². The van der Waals surface area contributed by atoms with Crippen molar-refractivity contribution in [1.29, 1.82) is 0 Å². The van der Waals surface area contributed by atoms with Gasteiger partial charge in [0.2, 0.25) is 0 Å². The largest absolute Gasteiger partial charge is 0.493 e. The van der Waals surface area contributed by atoms with E-state index in [4.69, 9.17) is 23.7 Å². The van der Waals surface area contributed by atoms with Crippen LogP contribution >= 0.6 is 0 Å². The fourth-order valence-electron chi connectivity index (χ4n) is 2.49. The molecule has 0 aromatic heterocycles. The predicted molar refractivity (Wildman–Crippen MR) is 98.4 cm³/mol. The Kier molecular flexibility index (Phi) is 6.48. The molecule has 0 fully saturated rings. The second kappa shape index (κ2) is 8.79. The van der Waals surface area contributed by atoms with Crippen LogP contribution in [0.4, 0.5) is 5.69 Å². The topological polar surface area (TPSA) is 92.3 Å². The molecule has 0 radical (unpaired) electrons.